The summed E-state index contributed by atoms with van der Waals surface area (Å²) in [7, 11) is 0. The molecule has 2 aromatic carbocycles. The number of carbonyl (C=O) groups is 2. The number of carbonyl (C=O) groups excluding carboxylic acids is 2. The van der Waals surface area contributed by atoms with E-state index in [1.807, 2.05) is 31.2 Å². The Morgan fingerprint density at radius 1 is 1.24 bits per heavy atom. The average Bonchev–Trinajstić information content (AvgIpc) is 3.07. The van der Waals surface area contributed by atoms with E-state index in [0.717, 1.165) is 11.4 Å². The van der Waals surface area contributed by atoms with Gasteiger partial charge in [-0.1, -0.05) is 0 Å². The molecule has 1 heterocycles. The van der Waals surface area contributed by atoms with E-state index in [1.165, 1.54) is 18.2 Å². The van der Waals surface area contributed by atoms with Crippen molar-refractivity contribution in [3.8, 4) is 5.75 Å². The average molecular weight is 395 g/mol. The highest BCUT2D eigenvalue weighted by atomic mass is 16.6. The van der Waals surface area contributed by atoms with Crippen molar-refractivity contribution in [2.45, 2.75) is 19.4 Å². The number of amides is 2. The third-order valence-corrected chi connectivity index (χ3v) is 4.46. The van der Waals surface area contributed by atoms with Crippen LogP contribution in [0.3, 0.4) is 0 Å². The van der Waals surface area contributed by atoms with Crippen molar-refractivity contribution in [3.63, 3.8) is 0 Å². The van der Waals surface area contributed by atoms with Crippen LogP contribution in [0.5, 0.6) is 5.75 Å². The lowest BCUT2D eigenvalue weighted by Crippen LogP contribution is -2.36. The Kier molecular flexibility index (Phi) is 6.23. The predicted molar refractivity (Wildman–Crippen MR) is 109 cm³/mol. The van der Waals surface area contributed by atoms with Crippen molar-refractivity contribution < 1.29 is 19.2 Å². The maximum atomic E-state index is 12.3. The molecule has 0 unspecified atom stereocenters. The second-order valence-electron chi connectivity index (χ2n) is 6.52. The molecule has 2 aromatic rings. The zero-order valence-electron chi connectivity index (χ0n) is 15.9. The van der Waals surface area contributed by atoms with Gasteiger partial charge in [-0.25, -0.2) is 0 Å². The van der Waals surface area contributed by atoms with Gasteiger partial charge in [0.05, 0.1) is 17.6 Å². The van der Waals surface area contributed by atoms with Gasteiger partial charge in [-0.05, 0) is 55.0 Å². The van der Waals surface area contributed by atoms with E-state index in [0.29, 0.717) is 18.7 Å². The Morgan fingerprint density at radius 3 is 2.55 bits per heavy atom. The van der Waals surface area contributed by atoms with Gasteiger partial charge >= 0.3 is 0 Å². The largest absolute Gasteiger partial charge is 0.494 e. The number of rotatable bonds is 7. The fourth-order valence-electron chi connectivity index (χ4n) is 3.07. The Bertz CT molecular complexity index is 922. The number of non-ortho nitro benzene ring substituents is 1. The summed E-state index contributed by atoms with van der Waals surface area (Å²) in [6.45, 7) is 2.87. The van der Waals surface area contributed by atoms with E-state index in [1.54, 1.807) is 23.1 Å². The molecule has 0 radical (unpaired) electrons. The summed E-state index contributed by atoms with van der Waals surface area (Å²) >= 11 is 0. The molecule has 0 aliphatic carbocycles. The predicted octanol–water partition coefficient (Wildman–Crippen LogP) is 2.93. The molecule has 1 atom stereocenters. The van der Waals surface area contributed by atoms with Crippen molar-refractivity contribution in [2.24, 2.45) is 0 Å². The maximum Gasteiger partial charge on any atom is 0.269 e. The highest BCUT2D eigenvalue weighted by molar-refractivity contribution is 5.98. The molecule has 0 bridgehead atoms. The summed E-state index contributed by atoms with van der Waals surface area (Å²) < 4.78 is 5.40. The summed E-state index contributed by atoms with van der Waals surface area (Å²) in [5.74, 6) is 0.359. The molecule has 1 N–H and O–H groups in total. The summed E-state index contributed by atoms with van der Waals surface area (Å²) in [6, 6.07) is 12.9. The van der Waals surface area contributed by atoms with Gasteiger partial charge in [0.15, 0.2) is 0 Å². The van der Waals surface area contributed by atoms with E-state index < -0.39 is 4.92 Å². The molecule has 8 nitrogen and oxygen atoms in total. The second kappa shape index (κ2) is 9.01. The lowest BCUT2D eigenvalue weighted by molar-refractivity contribution is -0.384. The number of nitrogens with one attached hydrogen (secondary N) is 1. The number of nitro benzene ring substituents is 1. The minimum Gasteiger partial charge on any atom is -0.494 e. The lowest BCUT2D eigenvalue weighted by Gasteiger charge is -2.17. The fourth-order valence-corrected chi connectivity index (χ4v) is 3.07. The quantitative estimate of drug-likeness (QED) is 0.441. The van der Waals surface area contributed by atoms with Crippen LogP contribution >= 0.6 is 0 Å². The summed E-state index contributed by atoms with van der Waals surface area (Å²) in [5, 5.41) is 13.5. The van der Waals surface area contributed by atoms with Crippen molar-refractivity contribution >= 4 is 29.3 Å². The summed E-state index contributed by atoms with van der Waals surface area (Å²) in [5.41, 5.74) is 1.42. The van der Waals surface area contributed by atoms with Gasteiger partial charge in [0, 0.05) is 36.9 Å². The highest BCUT2D eigenvalue weighted by Gasteiger charge is 2.31. The standard InChI is InChI=1S/C21H21N3O5/c1-2-29-19-10-8-17(9-11-19)23-14-16(13-21(23)26)22-20(25)12-5-15-3-6-18(7-4-15)24(27)28/h3-12,16H,2,13-14H2,1H3,(H,22,25)/b12-5-/t16-/m0/s1. The number of anilines is 1. The van der Waals surface area contributed by atoms with Gasteiger partial charge < -0.3 is 15.0 Å². The summed E-state index contributed by atoms with van der Waals surface area (Å²) in [6.07, 6.45) is 3.15. The minimum atomic E-state index is -0.479. The van der Waals surface area contributed by atoms with Crippen molar-refractivity contribution in [3.05, 3.63) is 70.3 Å². The van der Waals surface area contributed by atoms with Crippen molar-refractivity contribution in [1.29, 1.82) is 0 Å². The molecule has 3 rings (SSSR count). The Morgan fingerprint density at radius 2 is 1.93 bits per heavy atom. The molecule has 1 saturated heterocycles. The SMILES string of the molecule is CCOc1ccc(N2C[C@@H](NC(=O)/C=C\c3ccc([N+](=O)[O-])cc3)CC2=O)cc1. The van der Waals surface area contributed by atoms with Crippen LogP contribution in [-0.2, 0) is 9.59 Å². The van der Waals surface area contributed by atoms with Gasteiger partial charge in [0.2, 0.25) is 11.8 Å². The number of benzene rings is 2. The topological polar surface area (TPSA) is 102 Å². The number of nitro groups is 1. The van der Waals surface area contributed by atoms with E-state index in [9.17, 15) is 19.7 Å². The molecule has 8 heteroatoms. The van der Waals surface area contributed by atoms with Gasteiger partial charge in [0.25, 0.3) is 5.69 Å². The maximum absolute atomic E-state index is 12.3. The molecule has 1 aliphatic rings. The molecule has 1 fully saturated rings. The Balaban J connectivity index is 1.56. The third-order valence-electron chi connectivity index (χ3n) is 4.46. The minimum absolute atomic E-state index is 0.00884. The number of hydrogen-bond acceptors (Lipinski definition) is 5. The Hall–Kier alpha value is -3.68. The van der Waals surface area contributed by atoms with Crippen LogP contribution in [0.25, 0.3) is 6.08 Å². The van der Waals surface area contributed by atoms with Crippen LogP contribution in [0.4, 0.5) is 11.4 Å². The smallest absolute Gasteiger partial charge is 0.269 e. The molecule has 150 valence electrons. The molecule has 0 saturated carbocycles. The second-order valence-corrected chi connectivity index (χ2v) is 6.52. The molecular formula is C21H21N3O5. The first-order valence-corrected chi connectivity index (χ1v) is 9.22. The van der Waals surface area contributed by atoms with Crippen LogP contribution in [0, 0.1) is 10.1 Å². The van der Waals surface area contributed by atoms with Crippen LogP contribution in [-0.4, -0.2) is 35.9 Å². The zero-order valence-corrected chi connectivity index (χ0v) is 15.9. The number of nitrogens with zero attached hydrogens (tertiary/aromatic N) is 2. The van der Waals surface area contributed by atoms with E-state index in [2.05, 4.69) is 5.32 Å². The number of ether oxygens (including phenoxy) is 1. The van der Waals surface area contributed by atoms with Crippen molar-refractivity contribution in [1.82, 2.24) is 5.32 Å². The van der Waals surface area contributed by atoms with E-state index in [4.69, 9.17) is 4.74 Å². The first kappa shape index (κ1) is 20.1. The Labute approximate surface area is 167 Å². The third kappa shape index (κ3) is 5.19. The molecule has 29 heavy (non-hydrogen) atoms. The molecular weight excluding hydrogens is 374 g/mol. The van der Waals surface area contributed by atoms with Crippen LogP contribution in [0.2, 0.25) is 0 Å². The highest BCUT2D eigenvalue weighted by Crippen LogP contribution is 2.24. The molecule has 2 amide bonds. The molecule has 0 spiro atoms. The first-order valence-electron chi connectivity index (χ1n) is 9.22. The van der Waals surface area contributed by atoms with E-state index >= 15 is 0 Å². The fraction of sp³-hybridized carbons (Fsp3) is 0.238. The van der Waals surface area contributed by atoms with Gasteiger partial charge in [0.1, 0.15) is 5.75 Å². The molecule has 0 aromatic heterocycles. The van der Waals surface area contributed by atoms with Gasteiger partial charge in [-0.3, -0.25) is 19.7 Å². The van der Waals surface area contributed by atoms with Crippen LogP contribution in [0.15, 0.2) is 54.6 Å². The van der Waals surface area contributed by atoms with E-state index in [-0.39, 0.29) is 30.0 Å². The van der Waals surface area contributed by atoms with Crippen LogP contribution in [0.1, 0.15) is 18.9 Å². The molecule has 1 aliphatic heterocycles. The normalized spacial score (nSPS) is 16.2. The summed E-state index contributed by atoms with van der Waals surface area (Å²) in [4.78, 5) is 36.3. The lowest BCUT2D eigenvalue weighted by atomic mass is 10.2. The van der Waals surface area contributed by atoms with Gasteiger partial charge in [-0.2, -0.15) is 0 Å². The van der Waals surface area contributed by atoms with Crippen molar-refractivity contribution in [2.75, 3.05) is 18.1 Å². The van der Waals surface area contributed by atoms with Gasteiger partial charge in [-0.15, -0.1) is 0 Å². The van der Waals surface area contributed by atoms with Crippen LogP contribution < -0.4 is 15.0 Å². The monoisotopic (exact) mass is 395 g/mol. The number of hydrogen-bond donors (Lipinski definition) is 1. The zero-order chi connectivity index (χ0) is 20.8. The first-order chi connectivity index (χ1) is 14.0.